The third kappa shape index (κ3) is 4.74. The van der Waals surface area contributed by atoms with E-state index in [1.54, 1.807) is 0 Å². The lowest BCUT2D eigenvalue weighted by Crippen LogP contribution is -2.48. The lowest BCUT2D eigenvalue weighted by Gasteiger charge is -2.17. The summed E-state index contributed by atoms with van der Waals surface area (Å²) in [5.74, 6) is -1.08. The Morgan fingerprint density at radius 2 is 1.75 bits per heavy atom. The van der Waals surface area contributed by atoms with Crippen molar-refractivity contribution in [1.82, 2.24) is 10.7 Å². The second-order valence-corrected chi connectivity index (χ2v) is 5.55. The minimum Gasteiger partial charge on any atom is -0.480 e. The van der Waals surface area contributed by atoms with Crippen LogP contribution in [0.1, 0.15) is 16.7 Å². The van der Waals surface area contributed by atoms with Gasteiger partial charge in [0.1, 0.15) is 6.04 Å². The van der Waals surface area contributed by atoms with Gasteiger partial charge in [-0.05, 0) is 36.6 Å². The zero-order valence-electron chi connectivity index (χ0n) is 13.7. The molecule has 0 radical (unpaired) electrons. The number of benzene rings is 2. The largest absolute Gasteiger partial charge is 0.480 e. The predicted octanol–water partition coefficient (Wildman–Crippen LogP) is 2.63. The molecule has 0 fully saturated rings. The zero-order chi connectivity index (χ0) is 17.5. The zero-order valence-corrected chi connectivity index (χ0v) is 13.7. The van der Waals surface area contributed by atoms with Crippen molar-refractivity contribution in [2.75, 3.05) is 5.43 Å². The van der Waals surface area contributed by atoms with Crippen LogP contribution in [0.15, 0.2) is 48.5 Å². The molecule has 0 aliphatic carbocycles. The smallest absolute Gasteiger partial charge is 0.334 e. The number of hydrazine groups is 1. The number of aliphatic carboxylic acids is 1. The van der Waals surface area contributed by atoms with Crippen LogP contribution in [0.4, 0.5) is 10.5 Å². The van der Waals surface area contributed by atoms with Crippen LogP contribution in [0.5, 0.6) is 0 Å². The van der Waals surface area contributed by atoms with Crippen LogP contribution < -0.4 is 16.2 Å². The molecule has 126 valence electrons. The Kier molecular flexibility index (Phi) is 5.78. The minimum atomic E-state index is -1.08. The van der Waals surface area contributed by atoms with Gasteiger partial charge in [-0.2, -0.15) is 0 Å². The molecule has 0 aliphatic heterocycles. The Bertz CT molecular complexity index is 717. The molecule has 24 heavy (non-hydrogen) atoms. The first-order valence-electron chi connectivity index (χ1n) is 7.63. The van der Waals surface area contributed by atoms with Crippen LogP contribution in [0.25, 0.3) is 0 Å². The first kappa shape index (κ1) is 17.3. The van der Waals surface area contributed by atoms with Crippen molar-refractivity contribution in [2.45, 2.75) is 26.3 Å². The molecule has 0 heterocycles. The molecule has 0 bridgehead atoms. The lowest BCUT2D eigenvalue weighted by molar-refractivity contribution is -0.139. The highest BCUT2D eigenvalue weighted by molar-refractivity contribution is 5.83. The summed E-state index contributed by atoms with van der Waals surface area (Å²) in [6.45, 7) is 3.91. The quantitative estimate of drug-likeness (QED) is 0.614. The molecule has 6 heteroatoms. The van der Waals surface area contributed by atoms with Crippen LogP contribution in [0.3, 0.4) is 0 Å². The van der Waals surface area contributed by atoms with Crippen molar-refractivity contribution in [3.05, 3.63) is 65.2 Å². The lowest BCUT2D eigenvalue weighted by atomic mass is 10.1. The SMILES string of the molecule is Cc1cccc(NNC(=O)NC(Cc2ccccc2)C(=O)O)c1C. The summed E-state index contributed by atoms with van der Waals surface area (Å²) >= 11 is 0. The van der Waals surface area contributed by atoms with Crippen molar-refractivity contribution in [3.8, 4) is 0 Å². The number of nitrogens with one attached hydrogen (secondary N) is 3. The first-order chi connectivity index (χ1) is 11.5. The predicted molar refractivity (Wildman–Crippen MR) is 92.8 cm³/mol. The van der Waals surface area contributed by atoms with E-state index in [2.05, 4.69) is 16.2 Å². The molecule has 1 unspecified atom stereocenters. The van der Waals surface area contributed by atoms with Crippen LogP contribution in [0.2, 0.25) is 0 Å². The molecule has 1 atom stereocenters. The fourth-order valence-corrected chi connectivity index (χ4v) is 2.25. The number of carbonyl (C=O) groups is 2. The molecule has 6 nitrogen and oxygen atoms in total. The van der Waals surface area contributed by atoms with Gasteiger partial charge in [-0.15, -0.1) is 0 Å². The van der Waals surface area contributed by atoms with Crippen molar-refractivity contribution in [3.63, 3.8) is 0 Å². The average molecular weight is 327 g/mol. The van der Waals surface area contributed by atoms with Gasteiger partial charge in [-0.25, -0.2) is 9.59 Å². The van der Waals surface area contributed by atoms with Gasteiger partial charge in [-0.1, -0.05) is 42.5 Å². The number of aryl methyl sites for hydroxylation is 1. The number of carboxylic acid groups (broad SMARTS) is 1. The van der Waals surface area contributed by atoms with E-state index in [-0.39, 0.29) is 6.42 Å². The molecule has 4 N–H and O–H groups in total. The summed E-state index contributed by atoms with van der Waals surface area (Å²) in [6, 6.07) is 13.2. The van der Waals surface area contributed by atoms with E-state index in [9.17, 15) is 14.7 Å². The van der Waals surface area contributed by atoms with Gasteiger partial charge in [-0.3, -0.25) is 10.9 Å². The number of anilines is 1. The molecule has 2 aromatic carbocycles. The summed E-state index contributed by atoms with van der Waals surface area (Å²) in [5.41, 5.74) is 8.99. The highest BCUT2D eigenvalue weighted by atomic mass is 16.4. The number of hydrogen-bond acceptors (Lipinski definition) is 3. The van der Waals surface area contributed by atoms with E-state index < -0.39 is 18.0 Å². The average Bonchev–Trinajstić information content (AvgIpc) is 2.56. The highest BCUT2D eigenvalue weighted by Gasteiger charge is 2.20. The van der Waals surface area contributed by atoms with E-state index >= 15 is 0 Å². The summed E-state index contributed by atoms with van der Waals surface area (Å²) < 4.78 is 0. The maximum Gasteiger partial charge on any atom is 0.334 e. The maximum atomic E-state index is 12.0. The summed E-state index contributed by atoms with van der Waals surface area (Å²) in [6.07, 6.45) is 0.215. The molecule has 2 rings (SSSR count). The fourth-order valence-electron chi connectivity index (χ4n) is 2.25. The third-order valence-electron chi connectivity index (χ3n) is 3.80. The van der Waals surface area contributed by atoms with Crippen LogP contribution >= 0.6 is 0 Å². The van der Waals surface area contributed by atoms with Crippen molar-refractivity contribution < 1.29 is 14.7 Å². The van der Waals surface area contributed by atoms with Gasteiger partial charge in [0, 0.05) is 6.42 Å². The van der Waals surface area contributed by atoms with Gasteiger partial charge in [0.2, 0.25) is 0 Å². The second kappa shape index (κ2) is 8.01. The van der Waals surface area contributed by atoms with E-state index in [4.69, 9.17) is 0 Å². The number of urea groups is 1. The molecule has 0 spiro atoms. The summed E-state index contributed by atoms with van der Waals surface area (Å²) in [4.78, 5) is 23.3. The van der Waals surface area contributed by atoms with Crippen molar-refractivity contribution in [2.24, 2.45) is 0 Å². The molecule has 0 aliphatic rings. The van der Waals surface area contributed by atoms with E-state index in [0.29, 0.717) is 0 Å². The van der Waals surface area contributed by atoms with Crippen LogP contribution in [-0.2, 0) is 11.2 Å². The van der Waals surface area contributed by atoms with Crippen LogP contribution in [-0.4, -0.2) is 23.1 Å². The Hall–Kier alpha value is -3.02. The summed E-state index contributed by atoms with van der Waals surface area (Å²) in [5, 5.41) is 11.7. The second-order valence-electron chi connectivity index (χ2n) is 5.55. The minimum absolute atomic E-state index is 0.215. The van der Waals surface area contributed by atoms with Gasteiger partial charge in [0.25, 0.3) is 0 Å². The molecule has 2 aromatic rings. The highest BCUT2D eigenvalue weighted by Crippen LogP contribution is 2.16. The molecule has 0 saturated carbocycles. The van der Waals surface area contributed by atoms with E-state index in [1.807, 2.05) is 62.4 Å². The normalized spacial score (nSPS) is 11.4. The topological polar surface area (TPSA) is 90.5 Å². The number of amides is 2. The number of carboxylic acids is 1. The molecular formula is C18H21N3O3. The maximum absolute atomic E-state index is 12.0. The van der Waals surface area contributed by atoms with Gasteiger partial charge >= 0.3 is 12.0 Å². The summed E-state index contributed by atoms with van der Waals surface area (Å²) in [7, 11) is 0. The van der Waals surface area contributed by atoms with Gasteiger partial charge < -0.3 is 10.4 Å². The Morgan fingerprint density at radius 1 is 1.04 bits per heavy atom. The number of rotatable bonds is 6. The van der Waals surface area contributed by atoms with Crippen molar-refractivity contribution in [1.29, 1.82) is 0 Å². The molecule has 0 saturated heterocycles. The van der Waals surface area contributed by atoms with Gasteiger partial charge in [0.05, 0.1) is 5.69 Å². The molecular weight excluding hydrogens is 306 g/mol. The fraction of sp³-hybridized carbons (Fsp3) is 0.222. The first-order valence-corrected chi connectivity index (χ1v) is 7.63. The van der Waals surface area contributed by atoms with Gasteiger partial charge in [0.15, 0.2) is 0 Å². The third-order valence-corrected chi connectivity index (χ3v) is 3.80. The van der Waals surface area contributed by atoms with E-state index in [1.165, 1.54) is 0 Å². The number of carbonyl (C=O) groups excluding carboxylic acids is 1. The van der Waals surface area contributed by atoms with Crippen molar-refractivity contribution >= 4 is 17.7 Å². The standard InChI is InChI=1S/C18H21N3O3/c1-12-7-6-10-15(13(12)2)20-21-18(24)19-16(17(22)23)11-14-8-4-3-5-9-14/h3-10,16,20H,11H2,1-2H3,(H,22,23)(H2,19,21,24). The van der Waals surface area contributed by atoms with E-state index in [0.717, 1.165) is 22.4 Å². The monoisotopic (exact) mass is 327 g/mol. The Morgan fingerprint density at radius 3 is 2.42 bits per heavy atom. The molecule has 2 amide bonds. The van der Waals surface area contributed by atoms with Crippen LogP contribution in [0, 0.1) is 13.8 Å². The molecule has 0 aromatic heterocycles. The number of hydrogen-bond donors (Lipinski definition) is 4. The Balaban J connectivity index is 1.93. The Labute approximate surface area is 140 Å².